The minimum atomic E-state index is -1.36. The van der Waals surface area contributed by atoms with E-state index < -0.39 is 17.9 Å². The average molecular weight is 172 g/mol. The van der Waals surface area contributed by atoms with Crippen molar-refractivity contribution >= 4 is 11.8 Å². The SMILES string of the molecule is C=CCNC(=O)[C@@H](O)CC(N)=O. The first-order valence-corrected chi connectivity index (χ1v) is 3.43. The molecule has 0 rings (SSSR count). The Hall–Kier alpha value is -1.36. The Balaban J connectivity index is 3.76. The van der Waals surface area contributed by atoms with Crippen molar-refractivity contribution in [3.8, 4) is 0 Å². The van der Waals surface area contributed by atoms with Crippen molar-refractivity contribution in [3.05, 3.63) is 12.7 Å². The molecule has 0 aromatic rings. The highest BCUT2D eigenvalue weighted by Gasteiger charge is 2.15. The van der Waals surface area contributed by atoms with Gasteiger partial charge in [0.25, 0.3) is 0 Å². The minimum Gasteiger partial charge on any atom is -0.383 e. The smallest absolute Gasteiger partial charge is 0.249 e. The molecule has 12 heavy (non-hydrogen) atoms. The summed E-state index contributed by atoms with van der Waals surface area (Å²) in [5.74, 6) is -1.33. The van der Waals surface area contributed by atoms with Crippen molar-refractivity contribution in [1.82, 2.24) is 5.32 Å². The molecule has 68 valence electrons. The quantitative estimate of drug-likeness (QED) is 0.442. The maximum absolute atomic E-state index is 10.8. The summed E-state index contributed by atoms with van der Waals surface area (Å²) < 4.78 is 0. The Kier molecular flexibility index (Phi) is 4.71. The second-order valence-electron chi connectivity index (χ2n) is 2.22. The fourth-order valence-corrected chi connectivity index (χ4v) is 0.574. The summed E-state index contributed by atoms with van der Waals surface area (Å²) in [7, 11) is 0. The molecular formula is C7H12N2O3. The van der Waals surface area contributed by atoms with Crippen molar-refractivity contribution in [3.63, 3.8) is 0 Å². The molecule has 1 atom stereocenters. The number of nitrogens with two attached hydrogens (primary N) is 1. The molecule has 0 aromatic heterocycles. The van der Waals surface area contributed by atoms with Crippen LogP contribution in [0.2, 0.25) is 0 Å². The molecule has 2 amide bonds. The van der Waals surface area contributed by atoms with Gasteiger partial charge in [-0.2, -0.15) is 0 Å². The molecule has 0 radical (unpaired) electrons. The normalized spacial score (nSPS) is 11.8. The van der Waals surface area contributed by atoms with E-state index in [9.17, 15) is 9.59 Å². The minimum absolute atomic E-state index is 0.259. The van der Waals surface area contributed by atoms with Crippen LogP contribution in [-0.4, -0.2) is 29.6 Å². The van der Waals surface area contributed by atoms with E-state index in [0.29, 0.717) is 0 Å². The molecule has 0 saturated carbocycles. The van der Waals surface area contributed by atoms with Gasteiger partial charge in [-0.15, -0.1) is 6.58 Å². The van der Waals surface area contributed by atoms with Crippen molar-refractivity contribution in [2.24, 2.45) is 5.73 Å². The van der Waals surface area contributed by atoms with Crippen LogP contribution in [0.5, 0.6) is 0 Å². The van der Waals surface area contributed by atoms with Crippen molar-refractivity contribution in [1.29, 1.82) is 0 Å². The summed E-state index contributed by atoms with van der Waals surface area (Å²) in [6, 6.07) is 0. The Bertz CT molecular complexity index is 191. The third kappa shape index (κ3) is 4.45. The van der Waals surface area contributed by atoms with E-state index in [-0.39, 0.29) is 13.0 Å². The summed E-state index contributed by atoms with van der Waals surface area (Å²) >= 11 is 0. The first-order chi connectivity index (χ1) is 5.57. The van der Waals surface area contributed by atoms with Crippen LogP contribution in [0.25, 0.3) is 0 Å². The number of hydrogen-bond donors (Lipinski definition) is 3. The van der Waals surface area contributed by atoms with E-state index in [1.54, 1.807) is 0 Å². The Labute approximate surface area is 70.2 Å². The molecule has 0 spiro atoms. The summed E-state index contributed by atoms with van der Waals surface area (Å²) in [4.78, 5) is 21.1. The molecule has 0 aliphatic heterocycles. The number of nitrogens with one attached hydrogen (secondary N) is 1. The zero-order chi connectivity index (χ0) is 9.56. The van der Waals surface area contributed by atoms with Crippen molar-refractivity contribution in [2.75, 3.05) is 6.54 Å². The lowest BCUT2D eigenvalue weighted by Gasteiger charge is -2.07. The first kappa shape index (κ1) is 10.6. The number of aliphatic hydroxyl groups excluding tert-OH is 1. The van der Waals surface area contributed by atoms with Gasteiger partial charge in [0, 0.05) is 6.54 Å². The lowest BCUT2D eigenvalue weighted by molar-refractivity contribution is -0.133. The van der Waals surface area contributed by atoms with Gasteiger partial charge >= 0.3 is 0 Å². The number of primary amides is 1. The van der Waals surface area contributed by atoms with Crippen LogP contribution >= 0.6 is 0 Å². The van der Waals surface area contributed by atoms with Gasteiger partial charge in [0.1, 0.15) is 6.10 Å². The third-order valence-corrected chi connectivity index (χ3v) is 1.12. The molecule has 4 N–H and O–H groups in total. The van der Waals surface area contributed by atoms with Gasteiger partial charge in [-0.05, 0) is 0 Å². The highest BCUT2D eigenvalue weighted by atomic mass is 16.3. The van der Waals surface area contributed by atoms with Crippen LogP contribution in [-0.2, 0) is 9.59 Å². The maximum Gasteiger partial charge on any atom is 0.249 e. The highest BCUT2D eigenvalue weighted by molar-refractivity contribution is 5.86. The van der Waals surface area contributed by atoms with E-state index in [0.717, 1.165) is 0 Å². The number of carbonyl (C=O) groups is 2. The van der Waals surface area contributed by atoms with Gasteiger partial charge in [0.15, 0.2) is 0 Å². The average Bonchev–Trinajstić information content (AvgIpc) is 1.98. The number of amides is 2. The van der Waals surface area contributed by atoms with Crippen molar-refractivity contribution < 1.29 is 14.7 Å². The maximum atomic E-state index is 10.8. The molecule has 5 heteroatoms. The predicted octanol–water partition coefficient (Wildman–Crippen LogP) is -1.48. The summed E-state index contributed by atoms with van der Waals surface area (Å²) in [5, 5.41) is 11.3. The molecule has 0 aromatic carbocycles. The predicted molar refractivity (Wildman–Crippen MR) is 43.0 cm³/mol. The fraction of sp³-hybridized carbons (Fsp3) is 0.429. The van der Waals surface area contributed by atoms with Gasteiger partial charge in [-0.25, -0.2) is 0 Å². The third-order valence-electron chi connectivity index (χ3n) is 1.12. The largest absolute Gasteiger partial charge is 0.383 e. The van der Waals surface area contributed by atoms with E-state index in [1.807, 2.05) is 0 Å². The lowest BCUT2D eigenvalue weighted by Crippen LogP contribution is -2.37. The number of carbonyl (C=O) groups excluding carboxylic acids is 2. The summed E-state index contributed by atoms with van der Waals surface area (Å²) in [5.41, 5.74) is 4.76. The molecule has 0 aliphatic rings. The van der Waals surface area contributed by atoms with E-state index >= 15 is 0 Å². The zero-order valence-electron chi connectivity index (χ0n) is 6.62. The van der Waals surface area contributed by atoms with Crippen LogP contribution in [0.15, 0.2) is 12.7 Å². The van der Waals surface area contributed by atoms with Crippen LogP contribution in [0.1, 0.15) is 6.42 Å². The summed E-state index contributed by atoms with van der Waals surface area (Å²) in [6.45, 7) is 3.62. The molecule has 0 aliphatic carbocycles. The second-order valence-corrected chi connectivity index (χ2v) is 2.22. The molecule has 0 fully saturated rings. The second kappa shape index (κ2) is 5.31. The van der Waals surface area contributed by atoms with E-state index in [1.165, 1.54) is 6.08 Å². The van der Waals surface area contributed by atoms with Crippen LogP contribution < -0.4 is 11.1 Å². The standard InChI is InChI=1S/C7H12N2O3/c1-2-3-9-7(12)5(10)4-6(8)11/h2,5,10H,1,3-4H2,(H2,8,11)(H,9,12)/t5-/m0/s1. The number of rotatable bonds is 5. The van der Waals surface area contributed by atoms with Gasteiger partial charge in [-0.1, -0.05) is 6.08 Å². The molecule has 0 unspecified atom stereocenters. The van der Waals surface area contributed by atoms with Gasteiger partial charge in [0.2, 0.25) is 11.8 Å². The van der Waals surface area contributed by atoms with Crippen LogP contribution in [0, 0.1) is 0 Å². The van der Waals surface area contributed by atoms with Gasteiger partial charge in [-0.3, -0.25) is 9.59 Å². The Morgan fingerprint density at radius 2 is 2.25 bits per heavy atom. The Morgan fingerprint density at radius 3 is 2.67 bits per heavy atom. The Morgan fingerprint density at radius 1 is 1.67 bits per heavy atom. The molecule has 0 saturated heterocycles. The summed E-state index contributed by atoms with van der Waals surface area (Å²) in [6.07, 6.45) is -0.250. The van der Waals surface area contributed by atoms with Crippen LogP contribution in [0.3, 0.4) is 0 Å². The van der Waals surface area contributed by atoms with Crippen LogP contribution in [0.4, 0.5) is 0 Å². The molecule has 5 nitrogen and oxygen atoms in total. The first-order valence-electron chi connectivity index (χ1n) is 3.43. The molecular weight excluding hydrogens is 160 g/mol. The highest BCUT2D eigenvalue weighted by Crippen LogP contribution is 1.89. The molecule has 0 bridgehead atoms. The number of aliphatic hydroxyl groups is 1. The fourth-order valence-electron chi connectivity index (χ4n) is 0.574. The van der Waals surface area contributed by atoms with Gasteiger partial charge < -0.3 is 16.2 Å². The topological polar surface area (TPSA) is 92.4 Å². The number of hydrogen-bond acceptors (Lipinski definition) is 3. The zero-order valence-corrected chi connectivity index (χ0v) is 6.62. The molecule has 0 heterocycles. The van der Waals surface area contributed by atoms with Gasteiger partial charge in [0.05, 0.1) is 6.42 Å². The monoisotopic (exact) mass is 172 g/mol. The van der Waals surface area contributed by atoms with E-state index in [2.05, 4.69) is 11.9 Å². The van der Waals surface area contributed by atoms with Crippen molar-refractivity contribution in [2.45, 2.75) is 12.5 Å². The van der Waals surface area contributed by atoms with E-state index in [4.69, 9.17) is 10.8 Å². The lowest BCUT2D eigenvalue weighted by atomic mass is 10.2.